The molecule has 0 spiro atoms. The molecule has 2 nitrogen and oxygen atoms in total. The van der Waals surface area contributed by atoms with Crippen LogP contribution in [0.4, 0.5) is 0 Å². The van der Waals surface area contributed by atoms with Gasteiger partial charge in [0.1, 0.15) is 5.75 Å². The second-order valence-electron chi connectivity index (χ2n) is 4.31. The molecule has 3 rings (SSSR count). The normalized spacial score (nSPS) is 14.5. The third-order valence-corrected chi connectivity index (χ3v) is 4.54. The second kappa shape index (κ2) is 5.01. The Morgan fingerprint density at radius 2 is 2.11 bits per heavy atom. The summed E-state index contributed by atoms with van der Waals surface area (Å²) in [5, 5.41) is 1.90. The Bertz CT molecular complexity index is 587. The lowest BCUT2D eigenvalue weighted by Gasteiger charge is -2.05. The molecule has 1 aliphatic carbocycles. The maximum Gasteiger partial charge on any atom is 0.194 e. The predicted molar refractivity (Wildman–Crippen MR) is 80.6 cm³/mol. The number of rotatable bonds is 4. The zero-order valence-electron chi connectivity index (χ0n) is 9.56. The van der Waals surface area contributed by atoms with Crippen molar-refractivity contribution in [3.8, 4) is 5.75 Å². The number of ether oxygens (including phenoxy) is 1. The van der Waals surface area contributed by atoms with Crippen LogP contribution < -0.4 is 4.74 Å². The van der Waals surface area contributed by atoms with Crippen LogP contribution in [0, 0.1) is 2.88 Å². The second-order valence-corrected chi connectivity index (χ2v) is 7.12. The summed E-state index contributed by atoms with van der Waals surface area (Å²) in [6.07, 6.45) is 2.61. The predicted octanol–water partition coefficient (Wildman–Crippen LogP) is 4.12. The highest BCUT2D eigenvalue weighted by Crippen LogP contribution is 2.28. The van der Waals surface area contributed by atoms with Gasteiger partial charge in [0.15, 0.2) is 5.78 Å². The number of thiophene rings is 1. The van der Waals surface area contributed by atoms with Gasteiger partial charge < -0.3 is 4.74 Å². The van der Waals surface area contributed by atoms with Gasteiger partial charge in [-0.1, -0.05) is 12.1 Å². The van der Waals surface area contributed by atoms with Crippen LogP contribution in [0.25, 0.3) is 0 Å². The minimum Gasteiger partial charge on any atom is -0.490 e. The monoisotopic (exact) mass is 370 g/mol. The lowest BCUT2D eigenvalue weighted by atomic mass is 10.1. The van der Waals surface area contributed by atoms with Crippen molar-refractivity contribution in [2.24, 2.45) is 0 Å². The molecule has 92 valence electrons. The fourth-order valence-electron chi connectivity index (χ4n) is 1.68. The van der Waals surface area contributed by atoms with E-state index in [0.717, 1.165) is 27.0 Å². The van der Waals surface area contributed by atoms with Crippen LogP contribution in [-0.4, -0.2) is 11.9 Å². The van der Waals surface area contributed by atoms with Crippen molar-refractivity contribution in [2.75, 3.05) is 0 Å². The lowest BCUT2D eigenvalue weighted by molar-refractivity contribution is 0.103. The third-order valence-electron chi connectivity index (χ3n) is 2.75. The van der Waals surface area contributed by atoms with E-state index in [0.29, 0.717) is 11.7 Å². The van der Waals surface area contributed by atoms with E-state index in [9.17, 15) is 4.79 Å². The smallest absolute Gasteiger partial charge is 0.194 e. The molecule has 1 fully saturated rings. The minimum atomic E-state index is 0.0652. The van der Waals surface area contributed by atoms with E-state index < -0.39 is 0 Å². The number of ketones is 1. The van der Waals surface area contributed by atoms with E-state index in [1.54, 1.807) is 11.3 Å². The number of carbonyl (C=O) groups is 1. The van der Waals surface area contributed by atoms with Crippen LogP contribution in [0.5, 0.6) is 5.75 Å². The van der Waals surface area contributed by atoms with Gasteiger partial charge in [-0.05, 0) is 53.6 Å². The summed E-state index contributed by atoms with van der Waals surface area (Å²) in [7, 11) is 0. The van der Waals surface area contributed by atoms with Crippen molar-refractivity contribution < 1.29 is 9.53 Å². The molecule has 0 atom stereocenters. The van der Waals surface area contributed by atoms with Gasteiger partial charge >= 0.3 is 0 Å². The molecule has 1 saturated carbocycles. The van der Waals surface area contributed by atoms with E-state index in [1.807, 2.05) is 35.7 Å². The topological polar surface area (TPSA) is 26.3 Å². The molecule has 18 heavy (non-hydrogen) atoms. The van der Waals surface area contributed by atoms with Gasteiger partial charge in [0, 0.05) is 16.5 Å². The lowest BCUT2D eigenvalue weighted by Crippen LogP contribution is -2.01. The number of carbonyl (C=O) groups excluding carboxylic acids is 1. The summed E-state index contributed by atoms with van der Waals surface area (Å²) in [4.78, 5) is 12.3. The summed E-state index contributed by atoms with van der Waals surface area (Å²) in [6.45, 7) is 0. The Morgan fingerprint density at radius 1 is 1.28 bits per heavy atom. The van der Waals surface area contributed by atoms with Crippen LogP contribution in [0.15, 0.2) is 35.7 Å². The quantitative estimate of drug-likeness (QED) is 0.598. The Kier molecular flexibility index (Phi) is 3.39. The van der Waals surface area contributed by atoms with Gasteiger partial charge in [-0.25, -0.2) is 0 Å². The van der Waals surface area contributed by atoms with Crippen molar-refractivity contribution in [1.82, 2.24) is 0 Å². The van der Waals surface area contributed by atoms with E-state index in [1.165, 1.54) is 0 Å². The largest absolute Gasteiger partial charge is 0.490 e. The third kappa shape index (κ3) is 2.75. The Morgan fingerprint density at radius 3 is 2.78 bits per heavy atom. The molecule has 0 saturated heterocycles. The SMILES string of the molecule is O=C(c1cccc(OC2CC2)c1)c1csc(I)c1. The van der Waals surface area contributed by atoms with Gasteiger partial charge in [0.05, 0.1) is 8.99 Å². The fourth-order valence-corrected chi connectivity index (χ4v) is 3.01. The van der Waals surface area contributed by atoms with E-state index in [4.69, 9.17) is 4.74 Å². The average Bonchev–Trinajstić information content (AvgIpc) is 3.08. The molecule has 0 bridgehead atoms. The van der Waals surface area contributed by atoms with E-state index >= 15 is 0 Å². The molecule has 1 aliphatic rings. The maximum absolute atomic E-state index is 12.3. The Hall–Kier alpha value is -0.880. The first kappa shape index (κ1) is 12.2. The molecule has 1 aromatic heterocycles. The highest BCUT2D eigenvalue weighted by Gasteiger charge is 2.23. The average molecular weight is 370 g/mol. The van der Waals surface area contributed by atoms with Crippen LogP contribution in [0.2, 0.25) is 0 Å². The molecule has 1 heterocycles. The van der Waals surface area contributed by atoms with Gasteiger partial charge in [-0.15, -0.1) is 11.3 Å². The summed E-state index contributed by atoms with van der Waals surface area (Å²) in [6, 6.07) is 9.38. The molecule has 0 amide bonds. The number of halogens is 1. The minimum absolute atomic E-state index is 0.0652. The van der Waals surface area contributed by atoms with Gasteiger partial charge in [-0.2, -0.15) is 0 Å². The first-order chi connectivity index (χ1) is 8.72. The summed E-state index contributed by atoms with van der Waals surface area (Å²) < 4.78 is 6.83. The Labute approximate surface area is 123 Å². The fraction of sp³-hybridized carbons (Fsp3) is 0.214. The van der Waals surface area contributed by atoms with Crippen LogP contribution in [-0.2, 0) is 0 Å². The summed E-state index contributed by atoms with van der Waals surface area (Å²) in [5.74, 6) is 0.865. The molecular weight excluding hydrogens is 359 g/mol. The van der Waals surface area contributed by atoms with E-state index in [-0.39, 0.29) is 5.78 Å². The first-order valence-corrected chi connectivity index (χ1v) is 7.74. The number of hydrogen-bond donors (Lipinski definition) is 0. The summed E-state index contributed by atoms with van der Waals surface area (Å²) >= 11 is 3.81. The van der Waals surface area contributed by atoms with E-state index in [2.05, 4.69) is 22.6 Å². The number of hydrogen-bond acceptors (Lipinski definition) is 3. The van der Waals surface area contributed by atoms with Crippen LogP contribution in [0.3, 0.4) is 0 Å². The van der Waals surface area contributed by atoms with Crippen molar-refractivity contribution in [1.29, 1.82) is 0 Å². The van der Waals surface area contributed by atoms with Crippen molar-refractivity contribution in [2.45, 2.75) is 18.9 Å². The molecule has 1 aromatic carbocycles. The van der Waals surface area contributed by atoms with Crippen molar-refractivity contribution >= 4 is 39.7 Å². The van der Waals surface area contributed by atoms with Gasteiger partial charge in [0.2, 0.25) is 0 Å². The maximum atomic E-state index is 12.3. The van der Waals surface area contributed by atoms with Crippen LogP contribution >= 0.6 is 33.9 Å². The van der Waals surface area contributed by atoms with Crippen molar-refractivity contribution in [3.63, 3.8) is 0 Å². The van der Waals surface area contributed by atoms with Gasteiger partial charge in [0.25, 0.3) is 0 Å². The Balaban J connectivity index is 1.84. The zero-order chi connectivity index (χ0) is 12.5. The van der Waals surface area contributed by atoms with Crippen LogP contribution in [0.1, 0.15) is 28.8 Å². The standard InChI is InChI=1S/C14H11IO2S/c15-13-7-10(8-18-13)14(16)9-2-1-3-12(6-9)17-11-4-5-11/h1-3,6-8,11H,4-5H2. The molecule has 0 N–H and O–H groups in total. The molecule has 4 heteroatoms. The zero-order valence-corrected chi connectivity index (χ0v) is 12.5. The molecule has 0 aliphatic heterocycles. The molecule has 0 unspecified atom stereocenters. The molecule has 2 aromatic rings. The van der Waals surface area contributed by atoms with Gasteiger partial charge in [-0.3, -0.25) is 4.79 Å². The number of benzene rings is 1. The first-order valence-electron chi connectivity index (χ1n) is 5.78. The molecular formula is C14H11IO2S. The highest BCUT2D eigenvalue weighted by molar-refractivity contribution is 14.1. The highest BCUT2D eigenvalue weighted by atomic mass is 127. The summed E-state index contributed by atoms with van der Waals surface area (Å²) in [5.41, 5.74) is 1.45. The van der Waals surface area contributed by atoms with Crippen molar-refractivity contribution in [3.05, 3.63) is 49.7 Å². The molecule has 0 radical (unpaired) electrons.